The van der Waals surface area contributed by atoms with Gasteiger partial charge < -0.3 is 14.8 Å². The number of amides is 1. The first kappa shape index (κ1) is 23.1. The first-order valence-corrected chi connectivity index (χ1v) is 11.9. The van der Waals surface area contributed by atoms with Crippen LogP contribution in [0.5, 0.6) is 17.2 Å². The van der Waals surface area contributed by atoms with Crippen LogP contribution >= 0.6 is 0 Å². The zero-order valence-corrected chi connectivity index (χ0v) is 19.0. The predicted octanol–water partition coefficient (Wildman–Crippen LogP) is 4.13. The second-order valence-electron chi connectivity index (χ2n) is 7.21. The minimum Gasteiger partial charge on any atom is -0.496 e. The van der Waals surface area contributed by atoms with E-state index in [0.717, 1.165) is 16.1 Å². The third-order valence-electron chi connectivity index (χ3n) is 4.77. The Morgan fingerprint density at radius 2 is 1.53 bits per heavy atom. The molecule has 0 aliphatic carbocycles. The molecule has 1 atom stereocenters. The van der Waals surface area contributed by atoms with Crippen molar-refractivity contribution in [1.29, 1.82) is 0 Å². The zero-order chi connectivity index (χ0) is 23.1. The van der Waals surface area contributed by atoms with Crippen LogP contribution in [0.2, 0.25) is 0 Å². The molecule has 32 heavy (non-hydrogen) atoms. The molecule has 1 N–H and O–H groups in total. The van der Waals surface area contributed by atoms with Crippen molar-refractivity contribution < 1.29 is 22.7 Å². The third kappa shape index (κ3) is 6.01. The molecule has 0 spiro atoms. The SMILES string of the molecule is COc1ccccc1[C@H](C)NC(=O)CN(c1ccc(Oc2ccccc2)cc1)S(C)(=O)=O. The van der Waals surface area contributed by atoms with E-state index >= 15 is 0 Å². The molecule has 168 valence electrons. The molecular formula is C24H26N2O5S. The summed E-state index contributed by atoms with van der Waals surface area (Å²) in [6.07, 6.45) is 1.07. The highest BCUT2D eigenvalue weighted by Gasteiger charge is 2.22. The van der Waals surface area contributed by atoms with Crippen molar-refractivity contribution in [3.63, 3.8) is 0 Å². The van der Waals surface area contributed by atoms with Crippen molar-refractivity contribution in [3.8, 4) is 17.2 Å². The summed E-state index contributed by atoms with van der Waals surface area (Å²) in [4.78, 5) is 12.7. The van der Waals surface area contributed by atoms with Gasteiger partial charge in [-0.3, -0.25) is 9.10 Å². The number of nitrogens with one attached hydrogen (secondary N) is 1. The van der Waals surface area contributed by atoms with Crippen molar-refractivity contribution in [3.05, 3.63) is 84.4 Å². The Labute approximate surface area is 188 Å². The van der Waals surface area contributed by atoms with E-state index in [4.69, 9.17) is 9.47 Å². The number of para-hydroxylation sites is 2. The molecule has 0 bridgehead atoms. The number of sulfonamides is 1. The molecule has 0 fully saturated rings. The van der Waals surface area contributed by atoms with Gasteiger partial charge in [0.25, 0.3) is 0 Å². The average Bonchev–Trinajstić information content (AvgIpc) is 2.78. The molecule has 0 aliphatic rings. The molecule has 0 radical (unpaired) electrons. The summed E-state index contributed by atoms with van der Waals surface area (Å²) in [7, 11) is -2.13. The number of hydrogen-bond donors (Lipinski definition) is 1. The topological polar surface area (TPSA) is 84.9 Å². The second kappa shape index (κ2) is 10.2. The minimum atomic E-state index is -3.69. The largest absolute Gasteiger partial charge is 0.496 e. The lowest BCUT2D eigenvalue weighted by Gasteiger charge is -2.24. The monoisotopic (exact) mass is 454 g/mol. The highest BCUT2D eigenvalue weighted by atomic mass is 32.2. The molecule has 0 unspecified atom stereocenters. The summed E-state index contributed by atoms with van der Waals surface area (Å²) in [5.41, 5.74) is 1.17. The van der Waals surface area contributed by atoms with Crippen LogP contribution in [-0.2, 0) is 14.8 Å². The summed E-state index contributed by atoms with van der Waals surface area (Å²) in [6.45, 7) is 1.47. The van der Waals surface area contributed by atoms with Crippen molar-refractivity contribution in [1.82, 2.24) is 5.32 Å². The van der Waals surface area contributed by atoms with Gasteiger partial charge in [0.15, 0.2) is 0 Å². The van der Waals surface area contributed by atoms with Crippen molar-refractivity contribution >= 4 is 21.6 Å². The maximum absolute atomic E-state index is 12.7. The highest BCUT2D eigenvalue weighted by molar-refractivity contribution is 7.92. The Kier molecular flexibility index (Phi) is 7.37. The predicted molar refractivity (Wildman–Crippen MR) is 125 cm³/mol. The van der Waals surface area contributed by atoms with Crippen molar-refractivity contribution in [2.75, 3.05) is 24.2 Å². The number of carbonyl (C=O) groups is 1. The molecule has 0 saturated carbocycles. The molecule has 8 heteroatoms. The molecular weight excluding hydrogens is 428 g/mol. The number of rotatable bonds is 9. The van der Waals surface area contributed by atoms with Crippen LogP contribution in [0.3, 0.4) is 0 Å². The Morgan fingerprint density at radius 1 is 0.938 bits per heavy atom. The summed E-state index contributed by atoms with van der Waals surface area (Å²) in [5.74, 6) is 1.44. The molecule has 7 nitrogen and oxygen atoms in total. The fraction of sp³-hybridized carbons (Fsp3) is 0.208. The Hall–Kier alpha value is -3.52. The van der Waals surface area contributed by atoms with E-state index in [1.165, 1.54) is 0 Å². The third-order valence-corrected chi connectivity index (χ3v) is 5.91. The number of hydrogen-bond acceptors (Lipinski definition) is 5. The van der Waals surface area contributed by atoms with Crippen LogP contribution in [0.4, 0.5) is 5.69 Å². The van der Waals surface area contributed by atoms with Gasteiger partial charge in [-0.05, 0) is 49.4 Å². The van der Waals surface area contributed by atoms with Crippen LogP contribution in [0.25, 0.3) is 0 Å². The summed E-state index contributed by atoms with van der Waals surface area (Å²) in [5, 5.41) is 2.84. The molecule has 0 aliphatic heterocycles. The van der Waals surface area contributed by atoms with E-state index in [0.29, 0.717) is 22.9 Å². The number of anilines is 1. The Balaban J connectivity index is 1.72. The van der Waals surface area contributed by atoms with Crippen LogP contribution in [0.1, 0.15) is 18.5 Å². The highest BCUT2D eigenvalue weighted by Crippen LogP contribution is 2.26. The van der Waals surface area contributed by atoms with Gasteiger partial charge in [-0.15, -0.1) is 0 Å². The zero-order valence-electron chi connectivity index (χ0n) is 18.2. The van der Waals surface area contributed by atoms with Crippen molar-refractivity contribution in [2.24, 2.45) is 0 Å². The van der Waals surface area contributed by atoms with Gasteiger partial charge in [0, 0.05) is 5.56 Å². The Morgan fingerprint density at radius 3 is 2.16 bits per heavy atom. The number of ether oxygens (including phenoxy) is 2. The van der Waals surface area contributed by atoms with Crippen molar-refractivity contribution in [2.45, 2.75) is 13.0 Å². The molecule has 0 saturated heterocycles. The molecule has 3 rings (SSSR count). The van der Waals surface area contributed by atoms with Crippen LogP contribution < -0.4 is 19.1 Å². The van der Waals surface area contributed by atoms with Gasteiger partial charge in [-0.25, -0.2) is 8.42 Å². The summed E-state index contributed by atoms with van der Waals surface area (Å²) >= 11 is 0. The molecule has 1 amide bonds. The van der Waals surface area contributed by atoms with E-state index in [9.17, 15) is 13.2 Å². The van der Waals surface area contributed by atoms with E-state index < -0.39 is 15.9 Å². The number of carbonyl (C=O) groups excluding carboxylic acids is 1. The molecule has 3 aromatic carbocycles. The molecule has 0 aromatic heterocycles. The van der Waals surface area contributed by atoms with Gasteiger partial charge in [-0.2, -0.15) is 0 Å². The first-order valence-electron chi connectivity index (χ1n) is 10.0. The number of methoxy groups -OCH3 is 1. The smallest absolute Gasteiger partial charge is 0.241 e. The lowest BCUT2D eigenvalue weighted by atomic mass is 10.1. The minimum absolute atomic E-state index is 0.350. The van der Waals surface area contributed by atoms with Gasteiger partial charge in [0.1, 0.15) is 23.8 Å². The standard InChI is InChI=1S/C24H26N2O5S/c1-18(22-11-7-8-12-23(22)30-2)25-24(27)17-26(32(3,28)29)19-13-15-21(16-14-19)31-20-9-5-4-6-10-20/h4-16,18H,17H2,1-3H3,(H,25,27)/t18-/m0/s1. The van der Waals surface area contributed by atoms with Gasteiger partial charge in [0.05, 0.1) is 25.1 Å². The summed E-state index contributed by atoms with van der Waals surface area (Å²) < 4.78 is 36.9. The Bertz CT molecular complexity index is 1150. The second-order valence-corrected chi connectivity index (χ2v) is 9.12. The quantitative estimate of drug-likeness (QED) is 0.526. The van der Waals surface area contributed by atoms with E-state index in [1.807, 2.05) is 55.5 Å². The lowest BCUT2D eigenvalue weighted by Crippen LogP contribution is -2.41. The fourth-order valence-electron chi connectivity index (χ4n) is 3.22. The summed E-state index contributed by atoms with van der Waals surface area (Å²) in [6, 6.07) is 22.8. The molecule has 3 aromatic rings. The number of benzene rings is 3. The van der Waals surface area contributed by atoms with Gasteiger partial charge in [0.2, 0.25) is 15.9 Å². The average molecular weight is 455 g/mol. The van der Waals surface area contributed by atoms with Crippen LogP contribution in [0, 0.1) is 0 Å². The van der Waals surface area contributed by atoms with Crippen LogP contribution in [0.15, 0.2) is 78.9 Å². The van der Waals surface area contributed by atoms with Crippen LogP contribution in [-0.4, -0.2) is 34.2 Å². The maximum Gasteiger partial charge on any atom is 0.241 e. The lowest BCUT2D eigenvalue weighted by molar-refractivity contribution is -0.120. The van der Waals surface area contributed by atoms with Gasteiger partial charge >= 0.3 is 0 Å². The van der Waals surface area contributed by atoms with E-state index in [2.05, 4.69) is 5.32 Å². The maximum atomic E-state index is 12.7. The fourth-order valence-corrected chi connectivity index (χ4v) is 4.08. The van der Waals surface area contributed by atoms with E-state index in [1.54, 1.807) is 37.4 Å². The number of nitrogens with zero attached hydrogens (tertiary/aromatic N) is 1. The first-order chi connectivity index (χ1) is 15.3. The molecule has 0 heterocycles. The van der Waals surface area contributed by atoms with Gasteiger partial charge in [-0.1, -0.05) is 36.4 Å². The normalized spacial score (nSPS) is 12.0. The van der Waals surface area contributed by atoms with E-state index in [-0.39, 0.29) is 12.6 Å².